The SMILES string of the molecule is CC(C)(C)c1ccc(OC(=O)CC2CS(=O)(=O)CC2CC(=O)Oc2ccc(C(C)(C)C)cc2)cc1. The van der Waals surface area contributed by atoms with Crippen molar-refractivity contribution in [2.45, 2.75) is 65.2 Å². The van der Waals surface area contributed by atoms with Gasteiger partial charge in [0, 0.05) is 0 Å². The lowest BCUT2D eigenvalue weighted by Crippen LogP contribution is -2.23. The number of esters is 2. The summed E-state index contributed by atoms with van der Waals surface area (Å²) < 4.78 is 35.5. The van der Waals surface area contributed by atoms with E-state index in [1.165, 1.54) is 0 Å². The highest BCUT2D eigenvalue weighted by molar-refractivity contribution is 7.91. The zero-order chi connectivity index (χ0) is 26.0. The van der Waals surface area contributed by atoms with Gasteiger partial charge in [-0.05, 0) is 58.1 Å². The fourth-order valence-corrected chi connectivity index (χ4v) is 6.48. The molecule has 35 heavy (non-hydrogen) atoms. The molecule has 190 valence electrons. The van der Waals surface area contributed by atoms with Crippen LogP contribution in [0.2, 0.25) is 0 Å². The molecule has 1 aliphatic heterocycles. The van der Waals surface area contributed by atoms with Crippen molar-refractivity contribution >= 4 is 21.8 Å². The Morgan fingerprint density at radius 3 is 1.29 bits per heavy atom. The molecule has 0 saturated carbocycles. The van der Waals surface area contributed by atoms with Crippen LogP contribution in [0, 0.1) is 11.8 Å². The molecule has 2 aromatic rings. The highest BCUT2D eigenvalue weighted by Crippen LogP contribution is 2.32. The van der Waals surface area contributed by atoms with Gasteiger partial charge in [-0.3, -0.25) is 9.59 Å². The van der Waals surface area contributed by atoms with Crippen LogP contribution in [0.4, 0.5) is 0 Å². The zero-order valence-corrected chi connectivity index (χ0v) is 22.3. The molecule has 0 bridgehead atoms. The third kappa shape index (κ3) is 7.66. The molecule has 1 heterocycles. The largest absolute Gasteiger partial charge is 0.427 e. The molecule has 2 unspecified atom stereocenters. The van der Waals surface area contributed by atoms with Crippen LogP contribution in [0.25, 0.3) is 0 Å². The number of carbonyl (C=O) groups is 2. The topological polar surface area (TPSA) is 86.7 Å². The predicted octanol–water partition coefficient (Wildman–Crippen LogP) is 5.23. The summed E-state index contributed by atoms with van der Waals surface area (Å²) in [6.07, 6.45) is -0.142. The van der Waals surface area contributed by atoms with Gasteiger partial charge < -0.3 is 9.47 Å². The first-order valence-corrected chi connectivity index (χ1v) is 13.8. The lowest BCUT2D eigenvalue weighted by molar-refractivity contribution is -0.138. The van der Waals surface area contributed by atoms with Crippen LogP contribution in [0.5, 0.6) is 11.5 Å². The van der Waals surface area contributed by atoms with Crippen LogP contribution in [-0.2, 0) is 30.3 Å². The molecule has 7 heteroatoms. The standard InChI is InChI=1S/C28H36O6S/c1-27(2,3)21-7-11-23(12-8-21)33-25(29)15-19-17-35(31,32)18-20(19)16-26(30)34-24-13-9-22(10-14-24)28(4,5)6/h7-14,19-20H,15-18H2,1-6H3. The Morgan fingerprint density at radius 1 is 0.686 bits per heavy atom. The Balaban J connectivity index is 1.60. The average Bonchev–Trinajstić information content (AvgIpc) is 2.99. The molecule has 0 spiro atoms. The van der Waals surface area contributed by atoms with E-state index < -0.39 is 33.6 Å². The summed E-state index contributed by atoms with van der Waals surface area (Å²) in [4.78, 5) is 25.1. The number of hydrogen-bond acceptors (Lipinski definition) is 6. The van der Waals surface area contributed by atoms with Crippen molar-refractivity contribution in [2.24, 2.45) is 11.8 Å². The van der Waals surface area contributed by atoms with Gasteiger partial charge in [0.1, 0.15) is 11.5 Å². The quantitative estimate of drug-likeness (QED) is 0.399. The van der Waals surface area contributed by atoms with Gasteiger partial charge in [-0.1, -0.05) is 65.8 Å². The van der Waals surface area contributed by atoms with Crippen LogP contribution < -0.4 is 9.47 Å². The van der Waals surface area contributed by atoms with Crippen molar-refractivity contribution in [1.82, 2.24) is 0 Å². The highest BCUT2D eigenvalue weighted by Gasteiger charge is 2.40. The van der Waals surface area contributed by atoms with E-state index in [1.54, 1.807) is 24.3 Å². The Morgan fingerprint density at radius 2 is 1.00 bits per heavy atom. The van der Waals surface area contributed by atoms with Crippen molar-refractivity contribution < 1.29 is 27.5 Å². The van der Waals surface area contributed by atoms with Gasteiger partial charge in [0.15, 0.2) is 9.84 Å². The molecule has 3 rings (SSSR count). The number of benzene rings is 2. The van der Waals surface area contributed by atoms with Gasteiger partial charge in [0.05, 0.1) is 24.3 Å². The Labute approximate surface area is 208 Å². The minimum absolute atomic E-state index is 0.0167. The lowest BCUT2D eigenvalue weighted by Gasteiger charge is -2.20. The summed E-state index contributed by atoms with van der Waals surface area (Å²) in [7, 11) is -3.34. The second-order valence-electron chi connectivity index (χ2n) is 11.5. The summed E-state index contributed by atoms with van der Waals surface area (Å²) >= 11 is 0. The second-order valence-corrected chi connectivity index (χ2v) is 13.7. The average molecular weight is 501 g/mol. The van der Waals surface area contributed by atoms with Crippen LogP contribution in [0.1, 0.15) is 65.5 Å². The van der Waals surface area contributed by atoms with E-state index in [-0.39, 0.29) is 35.2 Å². The molecule has 6 nitrogen and oxygen atoms in total. The maximum Gasteiger partial charge on any atom is 0.311 e. The van der Waals surface area contributed by atoms with Crippen molar-refractivity contribution in [3.63, 3.8) is 0 Å². The van der Waals surface area contributed by atoms with E-state index in [0.717, 1.165) is 11.1 Å². The summed E-state index contributed by atoms with van der Waals surface area (Å²) in [5.41, 5.74) is 2.20. The number of rotatable bonds is 6. The summed E-state index contributed by atoms with van der Waals surface area (Å²) in [5.74, 6) is -1.43. The molecular weight excluding hydrogens is 464 g/mol. The Bertz CT molecular complexity index is 1060. The molecule has 0 amide bonds. The van der Waals surface area contributed by atoms with Gasteiger partial charge >= 0.3 is 11.9 Å². The normalized spacial score (nSPS) is 19.8. The van der Waals surface area contributed by atoms with Crippen molar-refractivity contribution in [3.8, 4) is 11.5 Å². The van der Waals surface area contributed by atoms with Gasteiger partial charge in [0.2, 0.25) is 0 Å². The number of ether oxygens (including phenoxy) is 2. The minimum Gasteiger partial charge on any atom is -0.427 e. The molecule has 1 saturated heterocycles. The number of hydrogen-bond donors (Lipinski definition) is 0. The molecular formula is C28H36O6S. The highest BCUT2D eigenvalue weighted by atomic mass is 32.2. The van der Waals surface area contributed by atoms with Crippen LogP contribution in [-0.4, -0.2) is 31.9 Å². The Kier molecular flexibility index (Phi) is 7.80. The predicted molar refractivity (Wildman–Crippen MR) is 136 cm³/mol. The van der Waals surface area contributed by atoms with E-state index in [4.69, 9.17) is 9.47 Å². The van der Waals surface area contributed by atoms with Crippen molar-refractivity contribution in [3.05, 3.63) is 59.7 Å². The fraction of sp³-hybridized carbons (Fsp3) is 0.500. The molecule has 2 aromatic carbocycles. The molecule has 1 fully saturated rings. The van der Waals surface area contributed by atoms with Gasteiger partial charge in [-0.15, -0.1) is 0 Å². The van der Waals surface area contributed by atoms with Crippen LogP contribution >= 0.6 is 0 Å². The summed E-state index contributed by atoms with van der Waals surface area (Å²) in [6.45, 7) is 12.6. The number of carbonyl (C=O) groups excluding carboxylic acids is 2. The molecule has 1 aliphatic rings. The maximum atomic E-state index is 12.6. The summed E-state index contributed by atoms with van der Waals surface area (Å²) in [6, 6.07) is 14.6. The third-order valence-corrected chi connectivity index (χ3v) is 8.24. The van der Waals surface area contributed by atoms with E-state index in [1.807, 2.05) is 24.3 Å². The van der Waals surface area contributed by atoms with E-state index in [9.17, 15) is 18.0 Å². The number of sulfone groups is 1. The molecule has 2 atom stereocenters. The lowest BCUT2D eigenvalue weighted by atomic mass is 9.87. The maximum absolute atomic E-state index is 12.6. The first kappa shape index (κ1) is 26.9. The molecule has 0 N–H and O–H groups in total. The van der Waals surface area contributed by atoms with Crippen molar-refractivity contribution in [2.75, 3.05) is 11.5 Å². The van der Waals surface area contributed by atoms with E-state index in [0.29, 0.717) is 11.5 Å². The van der Waals surface area contributed by atoms with Gasteiger partial charge in [0.25, 0.3) is 0 Å². The molecule has 0 aliphatic carbocycles. The third-order valence-electron chi connectivity index (χ3n) is 6.36. The first-order valence-electron chi connectivity index (χ1n) is 12.0. The minimum atomic E-state index is -3.34. The second kappa shape index (κ2) is 10.1. The fourth-order valence-electron chi connectivity index (χ4n) is 4.26. The molecule has 0 aromatic heterocycles. The first-order chi connectivity index (χ1) is 16.1. The zero-order valence-electron chi connectivity index (χ0n) is 21.5. The monoisotopic (exact) mass is 500 g/mol. The van der Waals surface area contributed by atoms with Gasteiger partial charge in [-0.25, -0.2) is 8.42 Å². The van der Waals surface area contributed by atoms with Gasteiger partial charge in [-0.2, -0.15) is 0 Å². The summed E-state index contributed by atoms with van der Waals surface area (Å²) in [5, 5.41) is 0. The smallest absolute Gasteiger partial charge is 0.311 e. The molecule has 0 radical (unpaired) electrons. The van der Waals surface area contributed by atoms with Crippen molar-refractivity contribution in [1.29, 1.82) is 0 Å². The van der Waals surface area contributed by atoms with Crippen LogP contribution in [0.3, 0.4) is 0 Å². The van der Waals surface area contributed by atoms with Crippen LogP contribution in [0.15, 0.2) is 48.5 Å². The van der Waals surface area contributed by atoms with E-state index >= 15 is 0 Å². The Hall–Kier alpha value is -2.67. The van der Waals surface area contributed by atoms with E-state index in [2.05, 4.69) is 41.5 Å².